The number of imide groups is 1. The second-order valence-electron chi connectivity index (χ2n) is 4.61. The third-order valence-electron chi connectivity index (χ3n) is 3.68. The Kier molecular flexibility index (Phi) is 2.54. The predicted molar refractivity (Wildman–Crippen MR) is 67.5 cm³/mol. The smallest absolute Gasteiger partial charge is 0.237 e. The summed E-state index contributed by atoms with van der Waals surface area (Å²) < 4.78 is 0.793. The zero-order chi connectivity index (χ0) is 12.0. The molecule has 4 heteroatoms. The molecule has 1 heterocycles. The average Bonchev–Trinajstić information content (AvgIpc) is 2.87. The third kappa shape index (κ3) is 1.54. The standard InChI is InChI=1S/C13H12BrNO2/c14-10-6-1-2-7-11(10)15-12(16)8-4-3-5-9(8)13(15)17/h1-2,6-9H,3-5H2. The zero-order valence-electron chi connectivity index (χ0n) is 9.23. The number of fused-ring (bicyclic) bond motifs is 1. The molecule has 88 valence electrons. The number of carbonyl (C=O) groups excluding carboxylic acids is 2. The molecular weight excluding hydrogens is 282 g/mol. The maximum Gasteiger partial charge on any atom is 0.237 e. The van der Waals surface area contributed by atoms with Gasteiger partial charge in [0, 0.05) is 4.47 Å². The van der Waals surface area contributed by atoms with E-state index in [1.54, 1.807) is 6.07 Å². The molecule has 1 aliphatic heterocycles. The van der Waals surface area contributed by atoms with Crippen molar-refractivity contribution < 1.29 is 9.59 Å². The van der Waals surface area contributed by atoms with Gasteiger partial charge in [0.05, 0.1) is 17.5 Å². The van der Waals surface area contributed by atoms with Crippen LogP contribution in [0.2, 0.25) is 0 Å². The van der Waals surface area contributed by atoms with Crippen molar-refractivity contribution in [1.82, 2.24) is 0 Å². The lowest BCUT2D eigenvalue weighted by molar-refractivity contribution is -0.122. The van der Waals surface area contributed by atoms with E-state index in [0.29, 0.717) is 5.69 Å². The summed E-state index contributed by atoms with van der Waals surface area (Å²) in [6, 6.07) is 7.37. The van der Waals surface area contributed by atoms with Gasteiger partial charge in [-0.2, -0.15) is 0 Å². The first kappa shape index (κ1) is 11.0. The fourth-order valence-corrected chi connectivity index (χ4v) is 3.32. The van der Waals surface area contributed by atoms with Gasteiger partial charge in [-0.05, 0) is 40.9 Å². The van der Waals surface area contributed by atoms with E-state index in [2.05, 4.69) is 15.9 Å². The minimum atomic E-state index is -0.0744. The Balaban J connectivity index is 2.03. The van der Waals surface area contributed by atoms with Crippen molar-refractivity contribution >= 4 is 33.4 Å². The van der Waals surface area contributed by atoms with Crippen LogP contribution in [-0.4, -0.2) is 11.8 Å². The average molecular weight is 294 g/mol. The summed E-state index contributed by atoms with van der Waals surface area (Å²) in [7, 11) is 0. The number of carbonyl (C=O) groups is 2. The van der Waals surface area contributed by atoms with Gasteiger partial charge in [-0.15, -0.1) is 0 Å². The Morgan fingerprint density at radius 1 is 1.06 bits per heavy atom. The van der Waals surface area contributed by atoms with Crippen molar-refractivity contribution in [1.29, 1.82) is 0 Å². The lowest BCUT2D eigenvalue weighted by Gasteiger charge is -2.17. The van der Waals surface area contributed by atoms with Gasteiger partial charge in [-0.1, -0.05) is 18.6 Å². The van der Waals surface area contributed by atoms with Gasteiger partial charge in [-0.3, -0.25) is 9.59 Å². The van der Waals surface area contributed by atoms with Crippen molar-refractivity contribution in [3.63, 3.8) is 0 Å². The number of amides is 2. The van der Waals surface area contributed by atoms with Crippen molar-refractivity contribution in [3.05, 3.63) is 28.7 Å². The molecule has 1 saturated heterocycles. The quantitative estimate of drug-likeness (QED) is 0.747. The van der Waals surface area contributed by atoms with Crippen LogP contribution in [0.3, 0.4) is 0 Å². The first-order valence-electron chi connectivity index (χ1n) is 5.82. The van der Waals surface area contributed by atoms with Gasteiger partial charge in [-0.25, -0.2) is 4.90 Å². The molecule has 0 aromatic heterocycles. The van der Waals surface area contributed by atoms with E-state index >= 15 is 0 Å². The predicted octanol–water partition coefficient (Wildman–Crippen LogP) is 2.74. The Morgan fingerprint density at radius 2 is 1.65 bits per heavy atom. The SMILES string of the molecule is O=C1C2CCCC2C(=O)N1c1ccccc1Br. The van der Waals surface area contributed by atoms with Gasteiger partial charge in [0.25, 0.3) is 0 Å². The zero-order valence-corrected chi connectivity index (χ0v) is 10.8. The van der Waals surface area contributed by atoms with Crippen LogP contribution in [0.5, 0.6) is 0 Å². The summed E-state index contributed by atoms with van der Waals surface area (Å²) in [5, 5.41) is 0. The van der Waals surface area contributed by atoms with Crippen LogP contribution in [0.15, 0.2) is 28.7 Å². The molecule has 1 aliphatic carbocycles. The highest BCUT2D eigenvalue weighted by Crippen LogP contribution is 2.42. The van der Waals surface area contributed by atoms with E-state index in [9.17, 15) is 9.59 Å². The molecule has 3 rings (SSSR count). The molecule has 17 heavy (non-hydrogen) atoms. The van der Waals surface area contributed by atoms with Gasteiger partial charge in [0.15, 0.2) is 0 Å². The third-order valence-corrected chi connectivity index (χ3v) is 4.36. The largest absolute Gasteiger partial charge is 0.274 e. The molecule has 0 radical (unpaired) electrons. The monoisotopic (exact) mass is 293 g/mol. The summed E-state index contributed by atoms with van der Waals surface area (Å²) in [5.41, 5.74) is 0.678. The normalized spacial score (nSPS) is 27.7. The van der Waals surface area contributed by atoms with Crippen molar-refractivity contribution in [2.45, 2.75) is 19.3 Å². The van der Waals surface area contributed by atoms with Crippen molar-refractivity contribution in [3.8, 4) is 0 Å². The molecule has 2 fully saturated rings. The van der Waals surface area contributed by atoms with E-state index in [-0.39, 0.29) is 23.7 Å². The van der Waals surface area contributed by atoms with Gasteiger partial charge in [0.1, 0.15) is 0 Å². The molecule has 0 spiro atoms. The van der Waals surface area contributed by atoms with Crippen LogP contribution < -0.4 is 4.90 Å². The fourth-order valence-electron chi connectivity index (χ4n) is 2.86. The van der Waals surface area contributed by atoms with Crippen molar-refractivity contribution in [2.24, 2.45) is 11.8 Å². The van der Waals surface area contributed by atoms with Gasteiger partial charge in [0.2, 0.25) is 11.8 Å². The Morgan fingerprint density at radius 3 is 2.24 bits per heavy atom. The van der Waals surface area contributed by atoms with E-state index < -0.39 is 0 Å². The van der Waals surface area contributed by atoms with Gasteiger partial charge < -0.3 is 0 Å². The molecule has 1 saturated carbocycles. The summed E-state index contributed by atoms with van der Waals surface area (Å²) in [6.45, 7) is 0. The van der Waals surface area contributed by atoms with E-state index in [1.807, 2.05) is 18.2 Å². The Bertz CT molecular complexity index is 478. The number of hydrogen-bond acceptors (Lipinski definition) is 2. The molecule has 2 unspecified atom stereocenters. The highest BCUT2D eigenvalue weighted by atomic mass is 79.9. The lowest BCUT2D eigenvalue weighted by atomic mass is 10.00. The molecule has 3 nitrogen and oxygen atoms in total. The van der Waals surface area contributed by atoms with E-state index in [0.717, 1.165) is 23.7 Å². The molecular formula is C13H12BrNO2. The minimum Gasteiger partial charge on any atom is -0.274 e. The molecule has 0 bridgehead atoms. The summed E-state index contributed by atoms with van der Waals surface area (Å²) in [5.74, 6) is -0.196. The number of anilines is 1. The van der Waals surface area contributed by atoms with Crippen LogP contribution in [-0.2, 0) is 9.59 Å². The Hall–Kier alpha value is -1.16. The summed E-state index contributed by atoms with van der Waals surface area (Å²) in [4.78, 5) is 25.8. The number of halogens is 1. The number of rotatable bonds is 1. The van der Waals surface area contributed by atoms with Crippen LogP contribution in [0.4, 0.5) is 5.69 Å². The van der Waals surface area contributed by atoms with Crippen molar-refractivity contribution in [2.75, 3.05) is 4.90 Å². The first-order valence-corrected chi connectivity index (χ1v) is 6.62. The summed E-state index contributed by atoms with van der Waals surface area (Å²) >= 11 is 3.39. The van der Waals surface area contributed by atoms with Crippen LogP contribution in [0, 0.1) is 11.8 Å². The topological polar surface area (TPSA) is 37.4 Å². The van der Waals surface area contributed by atoms with Crippen LogP contribution in [0.25, 0.3) is 0 Å². The maximum atomic E-state index is 12.2. The van der Waals surface area contributed by atoms with Gasteiger partial charge >= 0.3 is 0 Å². The highest BCUT2D eigenvalue weighted by Gasteiger charge is 2.50. The van der Waals surface area contributed by atoms with E-state index in [4.69, 9.17) is 0 Å². The fraction of sp³-hybridized carbons (Fsp3) is 0.385. The molecule has 2 atom stereocenters. The highest BCUT2D eigenvalue weighted by molar-refractivity contribution is 9.10. The number of nitrogens with zero attached hydrogens (tertiary/aromatic N) is 1. The second-order valence-corrected chi connectivity index (χ2v) is 5.46. The number of para-hydroxylation sites is 1. The molecule has 0 N–H and O–H groups in total. The first-order chi connectivity index (χ1) is 8.20. The Labute approximate surface area is 108 Å². The van der Waals surface area contributed by atoms with Crippen LogP contribution in [0.1, 0.15) is 19.3 Å². The molecule has 1 aromatic carbocycles. The molecule has 2 amide bonds. The summed E-state index contributed by atoms with van der Waals surface area (Å²) in [6.07, 6.45) is 2.71. The lowest BCUT2D eigenvalue weighted by Crippen LogP contribution is -2.31. The second kappa shape index (κ2) is 3.95. The molecule has 2 aliphatic rings. The van der Waals surface area contributed by atoms with Crippen LogP contribution >= 0.6 is 15.9 Å². The molecule has 1 aromatic rings. The number of benzene rings is 1. The maximum absolute atomic E-state index is 12.2. The van der Waals surface area contributed by atoms with E-state index in [1.165, 1.54) is 4.90 Å². The minimum absolute atomic E-state index is 0.0237. The number of hydrogen-bond donors (Lipinski definition) is 0.